The fraction of sp³-hybridized carbons (Fsp3) is 1.00. The molecule has 1 unspecified atom stereocenters. The average Bonchev–Trinajstić information content (AvgIpc) is 2.49. The summed E-state index contributed by atoms with van der Waals surface area (Å²) in [6, 6.07) is 0.763. The fourth-order valence-electron chi connectivity index (χ4n) is 2.38. The number of likely N-dealkylation sites (tertiary alicyclic amines) is 1. The largest absolute Gasteiger partial charge is 0.314 e. The highest BCUT2D eigenvalue weighted by Crippen LogP contribution is 2.10. The van der Waals surface area contributed by atoms with Gasteiger partial charge in [-0.1, -0.05) is 6.92 Å². The van der Waals surface area contributed by atoms with E-state index in [1.165, 1.54) is 58.4 Å². The van der Waals surface area contributed by atoms with E-state index in [1.807, 2.05) is 0 Å². The van der Waals surface area contributed by atoms with Crippen molar-refractivity contribution in [3.8, 4) is 0 Å². The second-order valence-electron chi connectivity index (χ2n) is 5.17. The predicted octanol–water partition coefficient (Wildman–Crippen LogP) is 1.40. The van der Waals surface area contributed by atoms with Crippen molar-refractivity contribution >= 4 is 0 Å². The summed E-state index contributed by atoms with van der Waals surface area (Å²) in [5, 5.41) is 3.71. The molecule has 0 aliphatic carbocycles. The van der Waals surface area contributed by atoms with Gasteiger partial charge in [-0.05, 0) is 72.5 Å². The fourth-order valence-corrected chi connectivity index (χ4v) is 2.38. The first-order chi connectivity index (χ1) is 7.72. The monoisotopic (exact) mass is 227 g/mol. The van der Waals surface area contributed by atoms with Crippen molar-refractivity contribution < 1.29 is 0 Å². The third-order valence-electron chi connectivity index (χ3n) is 3.48. The van der Waals surface area contributed by atoms with Crippen LogP contribution in [0.2, 0.25) is 0 Å². The highest BCUT2D eigenvalue weighted by Gasteiger charge is 2.14. The number of hydrogen-bond acceptors (Lipinski definition) is 3. The molecule has 0 aromatic carbocycles. The number of nitrogens with one attached hydrogen (secondary N) is 1. The van der Waals surface area contributed by atoms with E-state index in [0.29, 0.717) is 0 Å². The zero-order valence-corrected chi connectivity index (χ0v) is 11.3. The maximum atomic E-state index is 3.71. The highest BCUT2D eigenvalue weighted by molar-refractivity contribution is 4.74. The lowest BCUT2D eigenvalue weighted by Gasteiger charge is -2.18. The molecule has 3 heteroatoms. The van der Waals surface area contributed by atoms with Crippen LogP contribution >= 0.6 is 0 Å². The van der Waals surface area contributed by atoms with E-state index < -0.39 is 0 Å². The van der Waals surface area contributed by atoms with Crippen LogP contribution in [-0.4, -0.2) is 62.7 Å². The Bertz CT molecular complexity index is 171. The molecule has 0 saturated carbocycles. The van der Waals surface area contributed by atoms with Gasteiger partial charge in [-0.15, -0.1) is 0 Å². The molecule has 0 amide bonds. The SMILES string of the molecule is CCN1CCCC(NCCCN(C)C)CC1. The lowest BCUT2D eigenvalue weighted by atomic mass is 10.1. The van der Waals surface area contributed by atoms with Gasteiger partial charge >= 0.3 is 0 Å². The first-order valence-corrected chi connectivity index (χ1v) is 6.83. The van der Waals surface area contributed by atoms with Crippen LogP contribution in [0.4, 0.5) is 0 Å². The van der Waals surface area contributed by atoms with Crippen LogP contribution in [0, 0.1) is 0 Å². The molecule has 1 atom stereocenters. The third kappa shape index (κ3) is 5.83. The Balaban J connectivity index is 2.08. The van der Waals surface area contributed by atoms with Crippen molar-refractivity contribution in [2.45, 2.75) is 38.6 Å². The molecular weight excluding hydrogens is 198 g/mol. The first kappa shape index (κ1) is 13.9. The smallest absolute Gasteiger partial charge is 0.00797 e. The standard InChI is InChI=1S/C13H29N3/c1-4-16-11-5-7-13(8-12-16)14-9-6-10-15(2)3/h13-14H,4-12H2,1-3H3. The Morgan fingerprint density at radius 2 is 2.06 bits per heavy atom. The van der Waals surface area contributed by atoms with E-state index in [-0.39, 0.29) is 0 Å². The van der Waals surface area contributed by atoms with Gasteiger partial charge in [0, 0.05) is 6.04 Å². The predicted molar refractivity (Wildman–Crippen MR) is 70.9 cm³/mol. The van der Waals surface area contributed by atoms with Gasteiger partial charge in [0.05, 0.1) is 0 Å². The Kier molecular flexibility index (Phi) is 7.01. The summed E-state index contributed by atoms with van der Waals surface area (Å²) in [6.45, 7) is 8.43. The van der Waals surface area contributed by atoms with Crippen molar-refractivity contribution in [2.75, 3.05) is 46.8 Å². The van der Waals surface area contributed by atoms with E-state index in [9.17, 15) is 0 Å². The summed E-state index contributed by atoms with van der Waals surface area (Å²) in [7, 11) is 4.29. The van der Waals surface area contributed by atoms with E-state index in [4.69, 9.17) is 0 Å². The molecule has 96 valence electrons. The molecule has 0 aromatic rings. The molecule has 0 aromatic heterocycles. The van der Waals surface area contributed by atoms with Crippen LogP contribution in [0.3, 0.4) is 0 Å². The van der Waals surface area contributed by atoms with Gasteiger partial charge in [-0.25, -0.2) is 0 Å². The van der Waals surface area contributed by atoms with E-state index in [2.05, 4.69) is 36.1 Å². The Hall–Kier alpha value is -0.120. The topological polar surface area (TPSA) is 18.5 Å². The van der Waals surface area contributed by atoms with Gasteiger partial charge in [0.1, 0.15) is 0 Å². The Labute approximate surface area is 101 Å². The quantitative estimate of drug-likeness (QED) is 0.692. The van der Waals surface area contributed by atoms with Crippen molar-refractivity contribution in [1.29, 1.82) is 0 Å². The maximum absolute atomic E-state index is 3.71. The van der Waals surface area contributed by atoms with Gasteiger partial charge in [-0.2, -0.15) is 0 Å². The van der Waals surface area contributed by atoms with Crippen molar-refractivity contribution in [3.63, 3.8) is 0 Å². The van der Waals surface area contributed by atoms with Gasteiger partial charge < -0.3 is 15.1 Å². The molecule has 1 fully saturated rings. The molecule has 16 heavy (non-hydrogen) atoms. The summed E-state index contributed by atoms with van der Waals surface area (Å²) in [4.78, 5) is 4.83. The third-order valence-corrected chi connectivity index (χ3v) is 3.48. The first-order valence-electron chi connectivity index (χ1n) is 6.83. The van der Waals surface area contributed by atoms with Crippen molar-refractivity contribution in [2.24, 2.45) is 0 Å². The number of hydrogen-bond donors (Lipinski definition) is 1. The summed E-state index contributed by atoms with van der Waals surface area (Å²) >= 11 is 0. The maximum Gasteiger partial charge on any atom is 0.00797 e. The average molecular weight is 227 g/mol. The van der Waals surface area contributed by atoms with Crippen molar-refractivity contribution in [1.82, 2.24) is 15.1 Å². The molecule has 0 bridgehead atoms. The van der Waals surface area contributed by atoms with Crippen LogP contribution in [0.5, 0.6) is 0 Å². The van der Waals surface area contributed by atoms with Gasteiger partial charge in [0.25, 0.3) is 0 Å². The molecule has 1 aliphatic rings. The molecule has 1 heterocycles. The van der Waals surface area contributed by atoms with Crippen LogP contribution < -0.4 is 5.32 Å². The lowest BCUT2D eigenvalue weighted by molar-refractivity contribution is 0.296. The highest BCUT2D eigenvalue weighted by atomic mass is 15.1. The second-order valence-corrected chi connectivity index (χ2v) is 5.17. The summed E-state index contributed by atoms with van der Waals surface area (Å²) in [6.07, 6.45) is 5.31. The van der Waals surface area contributed by atoms with E-state index in [1.54, 1.807) is 0 Å². The Morgan fingerprint density at radius 1 is 1.25 bits per heavy atom. The summed E-state index contributed by atoms with van der Waals surface area (Å²) < 4.78 is 0. The summed E-state index contributed by atoms with van der Waals surface area (Å²) in [5.41, 5.74) is 0. The molecule has 3 nitrogen and oxygen atoms in total. The van der Waals surface area contributed by atoms with Gasteiger partial charge in [0.15, 0.2) is 0 Å². The zero-order chi connectivity index (χ0) is 11.8. The molecule has 1 N–H and O–H groups in total. The zero-order valence-electron chi connectivity index (χ0n) is 11.3. The summed E-state index contributed by atoms with van der Waals surface area (Å²) in [5.74, 6) is 0. The van der Waals surface area contributed by atoms with E-state index >= 15 is 0 Å². The molecule has 0 radical (unpaired) electrons. The molecular formula is C13H29N3. The minimum atomic E-state index is 0.763. The molecule has 0 spiro atoms. The van der Waals surface area contributed by atoms with Gasteiger partial charge in [-0.3, -0.25) is 0 Å². The van der Waals surface area contributed by atoms with Crippen LogP contribution in [-0.2, 0) is 0 Å². The minimum Gasteiger partial charge on any atom is -0.314 e. The normalized spacial score (nSPS) is 23.6. The Morgan fingerprint density at radius 3 is 2.75 bits per heavy atom. The number of nitrogens with zero attached hydrogens (tertiary/aromatic N) is 2. The lowest BCUT2D eigenvalue weighted by Crippen LogP contribution is -2.32. The molecule has 1 saturated heterocycles. The molecule has 1 aliphatic heterocycles. The second kappa shape index (κ2) is 8.04. The van der Waals surface area contributed by atoms with Crippen LogP contribution in [0.1, 0.15) is 32.6 Å². The van der Waals surface area contributed by atoms with Gasteiger partial charge in [0.2, 0.25) is 0 Å². The van der Waals surface area contributed by atoms with E-state index in [0.717, 1.165) is 6.04 Å². The number of rotatable bonds is 6. The van der Waals surface area contributed by atoms with Crippen molar-refractivity contribution in [3.05, 3.63) is 0 Å². The van der Waals surface area contributed by atoms with Crippen LogP contribution in [0.15, 0.2) is 0 Å². The molecule has 1 rings (SSSR count). The van der Waals surface area contributed by atoms with Crippen LogP contribution in [0.25, 0.3) is 0 Å². The minimum absolute atomic E-state index is 0.763.